The van der Waals surface area contributed by atoms with Crippen molar-refractivity contribution in [3.05, 3.63) is 47.5 Å². The van der Waals surface area contributed by atoms with E-state index in [4.69, 9.17) is 9.47 Å². The minimum absolute atomic E-state index is 0.0841. The normalized spacial score (nSPS) is 11.6. The summed E-state index contributed by atoms with van der Waals surface area (Å²) in [5.41, 5.74) is 0. The summed E-state index contributed by atoms with van der Waals surface area (Å²) in [5, 5.41) is -0.898. The Morgan fingerprint density at radius 1 is 0.618 bits per heavy atom. The van der Waals surface area contributed by atoms with Gasteiger partial charge in [-0.15, -0.1) is 0 Å². The van der Waals surface area contributed by atoms with Crippen LogP contribution in [0.5, 0.6) is 11.5 Å². The third-order valence-corrected chi connectivity index (χ3v) is 7.59. The molecule has 0 spiro atoms. The fraction of sp³-hybridized carbons (Fsp3) is 0.481. The summed E-state index contributed by atoms with van der Waals surface area (Å²) in [5.74, 6) is -5.11. The number of fused-ring (bicyclic) bond motifs is 3. The van der Waals surface area contributed by atoms with E-state index in [1.54, 1.807) is 0 Å². The standard InChI is InChI=1S/C27H34F4O2Si/c1-4-15-32-20-13-11-18-19-12-14-21(33-16-9-7-5-6-8-10-17-34(2)3)25(29)23(19)27(31)26(30)22(18)24(20)28/h11-14,34H,4-10,15-17H2,1-3H3. The maximum atomic E-state index is 15.1. The van der Waals surface area contributed by atoms with E-state index >= 15 is 4.39 Å². The molecule has 0 unspecified atom stereocenters. The van der Waals surface area contributed by atoms with Gasteiger partial charge in [0.25, 0.3) is 0 Å². The topological polar surface area (TPSA) is 18.5 Å². The van der Waals surface area contributed by atoms with Crippen LogP contribution in [0.4, 0.5) is 17.6 Å². The first kappa shape index (κ1) is 26.3. The molecule has 0 fully saturated rings. The van der Waals surface area contributed by atoms with Crippen LogP contribution in [0.25, 0.3) is 21.5 Å². The highest BCUT2D eigenvalue weighted by Crippen LogP contribution is 2.39. The zero-order valence-electron chi connectivity index (χ0n) is 20.3. The lowest BCUT2D eigenvalue weighted by Gasteiger charge is -2.14. The summed E-state index contributed by atoms with van der Waals surface area (Å²) in [6, 6.07) is 7.01. The molecule has 3 rings (SSSR count). The first-order valence-corrected chi connectivity index (χ1v) is 15.5. The first-order valence-electron chi connectivity index (χ1n) is 12.3. The number of hydrogen-bond acceptors (Lipinski definition) is 2. The third kappa shape index (κ3) is 6.04. The minimum atomic E-state index is -1.43. The Labute approximate surface area is 200 Å². The molecule has 0 radical (unpaired) electrons. The largest absolute Gasteiger partial charge is 0.491 e. The van der Waals surface area contributed by atoms with E-state index in [0.29, 0.717) is 13.0 Å². The molecule has 34 heavy (non-hydrogen) atoms. The van der Waals surface area contributed by atoms with Crippen LogP contribution >= 0.6 is 0 Å². The maximum Gasteiger partial charge on any atom is 0.175 e. The van der Waals surface area contributed by atoms with Gasteiger partial charge in [-0.3, -0.25) is 0 Å². The highest BCUT2D eigenvalue weighted by molar-refractivity contribution is 6.55. The van der Waals surface area contributed by atoms with Gasteiger partial charge in [0.15, 0.2) is 34.8 Å². The SMILES string of the molecule is CCCOc1ccc2c(c1F)c(F)c(F)c1c(F)c(OCCCCCCCC[SiH](C)C)ccc12. The Balaban J connectivity index is 1.72. The van der Waals surface area contributed by atoms with Crippen LogP contribution in [0.15, 0.2) is 24.3 Å². The second-order valence-corrected chi connectivity index (χ2v) is 12.6. The summed E-state index contributed by atoms with van der Waals surface area (Å²) >= 11 is 0. The van der Waals surface area contributed by atoms with Gasteiger partial charge >= 0.3 is 0 Å². The van der Waals surface area contributed by atoms with Crippen molar-refractivity contribution in [1.82, 2.24) is 0 Å². The molecular weight excluding hydrogens is 460 g/mol. The van der Waals surface area contributed by atoms with Gasteiger partial charge in [-0.2, -0.15) is 0 Å². The number of unbranched alkanes of at least 4 members (excludes halogenated alkanes) is 5. The van der Waals surface area contributed by atoms with E-state index in [0.717, 1.165) is 19.3 Å². The van der Waals surface area contributed by atoms with E-state index in [1.807, 2.05) is 6.92 Å². The van der Waals surface area contributed by atoms with Crippen LogP contribution in [0.2, 0.25) is 19.1 Å². The summed E-state index contributed by atoms with van der Waals surface area (Å²) in [7, 11) is -0.459. The third-order valence-electron chi connectivity index (χ3n) is 6.03. The van der Waals surface area contributed by atoms with E-state index in [9.17, 15) is 13.2 Å². The molecule has 0 heterocycles. The van der Waals surface area contributed by atoms with Gasteiger partial charge in [0.2, 0.25) is 0 Å². The molecule has 2 nitrogen and oxygen atoms in total. The van der Waals surface area contributed by atoms with Gasteiger partial charge in [-0.1, -0.05) is 58.2 Å². The molecule has 0 saturated carbocycles. The molecule has 0 aliphatic heterocycles. The lowest BCUT2D eigenvalue weighted by molar-refractivity contribution is 0.291. The predicted molar refractivity (Wildman–Crippen MR) is 134 cm³/mol. The van der Waals surface area contributed by atoms with Gasteiger partial charge in [0.1, 0.15) is 0 Å². The van der Waals surface area contributed by atoms with Gasteiger partial charge in [-0.25, -0.2) is 17.6 Å². The van der Waals surface area contributed by atoms with Crippen molar-refractivity contribution in [2.24, 2.45) is 0 Å². The molecule has 0 bridgehead atoms. The molecule has 0 aliphatic carbocycles. The second-order valence-electron chi connectivity index (χ2n) is 9.23. The zero-order chi connectivity index (χ0) is 24.7. The van der Waals surface area contributed by atoms with Crippen molar-refractivity contribution in [1.29, 1.82) is 0 Å². The fourth-order valence-corrected chi connectivity index (χ4v) is 5.30. The van der Waals surface area contributed by atoms with Gasteiger partial charge in [-0.05, 0) is 47.9 Å². The lowest BCUT2D eigenvalue weighted by Crippen LogP contribution is -2.03. The van der Waals surface area contributed by atoms with Crippen LogP contribution in [-0.4, -0.2) is 22.0 Å². The number of halogens is 4. The van der Waals surface area contributed by atoms with Gasteiger partial charge in [0, 0.05) is 8.80 Å². The Kier molecular flexibility index (Phi) is 9.62. The Morgan fingerprint density at radius 2 is 1.09 bits per heavy atom. The minimum Gasteiger partial charge on any atom is -0.491 e. The van der Waals surface area contributed by atoms with Crippen LogP contribution in [0, 0.1) is 23.3 Å². The molecule has 7 heteroatoms. The smallest absolute Gasteiger partial charge is 0.175 e. The van der Waals surface area contributed by atoms with Crippen molar-refractivity contribution < 1.29 is 27.0 Å². The lowest BCUT2D eigenvalue weighted by atomic mass is 9.99. The van der Waals surface area contributed by atoms with Crippen LogP contribution < -0.4 is 9.47 Å². The highest BCUT2D eigenvalue weighted by Gasteiger charge is 2.24. The predicted octanol–water partition coefficient (Wildman–Crippen LogP) is 8.54. The van der Waals surface area contributed by atoms with E-state index < -0.39 is 42.8 Å². The number of benzene rings is 3. The van der Waals surface area contributed by atoms with Crippen LogP contribution in [0.1, 0.15) is 51.9 Å². The second kappa shape index (κ2) is 12.4. The Morgan fingerprint density at radius 3 is 1.59 bits per heavy atom. The number of hydrogen-bond donors (Lipinski definition) is 0. The van der Waals surface area contributed by atoms with Crippen molar-refractivity contribution in [2.45, 2.75) is 71.0 Å². The summed E-state index contributed by atoms with van der Waals surface area (Å²) in [6.45, 7) is 7.12. The van der Waals surface area contributed by atoms with Gasteiger partial charge in [0.05, 0.1) is 24.0 Å². The Bertz CT molecular complexity index is 1120. The molecule has 3 aromatic rings. The molecule has 0 amide bonds. The molecule has 0 aromatic heterocycles. The Hall–Kier alpha value is -2.28. The average Bonchev–Trinajstić information content (AvgIpc) is 2.81. The van der Waals surface area contributed by atoms with Crippen molar-refractivity contribution >= 4 is 30.3 Å². The van der Waals surface area contributed by atoms with E-state index in [1.165, 1.54) is 49.6 Å². The molecule has 186 valence electrons. The number of ether oxygens (including phenoxy) is 2. The van der Waals surface area contributed by atoms with Crippen molar-refractivity contribution in [3.8, 4) is 11.5 Å². The number of rotatable bonds is 13. The summed E-state index contributed by atoms with van der Waals surface area (Å²) in [4.78, 5) is 0. The summed E-state index contributed by atoms with van der Waals surface area (Å²) in [6.07, 6.45) is 7.21. The fourth-order valence-electron chi connectivity index (χ4n) is 4.19. The monoisotopic (exact) mass is 494 g/mol. The molecule has 0 saturated heterocycles. The van der Waals surface area contributed by atoms with Gasteiger partial charge < -0.3 is 9.47 Å². The van der Waals surface area contributed by atoms with E-state index in [-0.39, 0.29) is 28.9 Å². The molecule has 0 N–H and O–H groups in total. The van der Waals surface area contributed by atoms with Crippen LogP contribution in [-0.2, 0) is 0 Å². The zero-order valence-corrected chi connectivity index (χ0v) is 21.4. The molecule has 0 atom stereocenters. The maximum absolute atomic E-state index is 15.1. The van der Waals surface area contributed by atoms with Crippen LogP contribution in [0.3, 0.4) is 0 Å². The average molecular weight is 495 g/mol. The van der Waals surface area contributed by atoms with E-state index in [2.05, 4.69) is 13.1 Å². The molecule has 3 aromatic carbocycles. The summed E-state index contributed by atoms with van der Waals surface area (Å²) < 4.78 is 70.6. The highest BCUT2D eigenvalue weighted by atomic mass is 28.3. The molecular formula is C27H34F4O2Si. The molecule has 0 aliphatic rings. The van der Waals surface area contributed by atoms with Crippen molar-refractivity contribution in [2.75, 3.05) is 13.2 Å². The quantitative estimate of drug-likeness (QED) is 0.103. The first-order chi connectivity index (χ1) is 16.4. The van der Waals surface area contributed by atoms with Crippen molar-refractivity contribution in [3.63, 3.8) is 0 Å².